The zero-order valence-corrected chi connectivity index (χ0v) is 23.0. The van der Waals surface area contributed by atoms with E-state index in [4.69, 9.17) is 0 Å². The Kier molecular flexibility index (Phi) is 11.0. The smallest absolute Gasteiger partial charge is 0.417 e. The van der Waals surface area contributed by atoms with Crippen molar-refractivity contribution in [3.8, 4) is 5.75 Å². The Bertz CT molecular complexity index is 1020. The van der Waals surface area contributed by atoms with E-state index in [1.165, 1.54) is 12.3 Å². The fourth-order valence-corrected chi connectivity index (χ4v) is 4.89. The molecule has 0 aliphatic carbocycles. The molecule has 192 valence electrons. The second-order valence-corrected chi connectivity index (χ2v) is 9.49. The molecule has 35 heavy (non-hydrogen) atoms. The van der Waals surface area contributed by atoms with Crippen molar-refractivity contribution in [1.82, 2.24) is 10.4 Å². The van der Waals surface area contributed by atoms with Crippen molar-refractivity contribution >= 4 is 49.8 Å². The Morgan fingerprint density at radius 1 is 1.23 bits per heavy atom. The summed E-state index contributed by atoms with van der Waals surface area (Å²) < 4.78 is 40.2. The average Bonchev–Trinajstić information content (AvgIpc) is 2.83. The van der Waals surface area contributed by atoms with E-state index in [2.05, 4.69) is 47.4 Å². The Morgan fingerprint density at radius 3 is 2.37 bits per heavy atom. The number of hydrogen-bond donors (Lipinski definition) is 2. The lowest BCUT2D eigenvalue weighted by Gasteiger charge is -2.33. The van der Waals surface area contributed by atoms with Gasteiger partial charge in [-0.05, 0) is 80.4 Å². The second kappa shape index (κ2) is 13.2. The number of hydrazone groups is 1. The molecule has 3 rings (SSSR count). The predicted molar refractivity (Wildman–Crippen MR) is 139 cm³/mol. The number of phenolic OH excluding ortho intramolecular Hbond substituents is 1. The Balaban J connectivity index is 0.00000210. The van der Waals surface area contributed by atoms with Crippen LogP contribution in [-0.4, -0.2) is 35.3 Å². The van der Waals surface area contributed by atoms with Gasteiger partial charge < -0.3 is 10.0 Å². The number of benzene rings is 1. The molecule has 1 aliphatic heterocycles. The predicted octanol–water partition coefficient (Wildman–Crippen LogP) is 6.68. The number of aromatic nitrogens is 1. The zero-order chi connectivity index (χ0) is 26.2. The van der Waals surface area contributed by atoms with Crippen molar-refractivity contribution in [3.63, 3.8) is 0 Å². The fourth-order valence-electron chi connectivity index (χ4n) is 3.67. The van der Waals surface area contributed by atoms with E-state index in [0.29, 0.717) is 64.7 Å². The zero-order valence-electron chi connectivity index (χ0n) is 19.8. The molecular formula is C24H29Br2F3N4O2. The van der Waals surface area contributed by atoms with Gasteiger partial charge in [-0.25, -0.2) is 10.4 Å². The summed E-state index contributed by atoms with van der Waals surface area (Å²) in [7, 11) is 0. The highest BCUT2D eigenvalue weighted by Crippen LogP contribution is 2.34. The van der Waals surface area contributed by atoms with Crippen molar-refractivity contribution in [2.75, 3.05) is 18.0 Å². The molecule has 1 saturated heterocycles. The van der Waals surface area contributed by atoms with Crippen LogP contribution in [0.15, 0.2) is 38.4 Å². The number of amides is 1. The van der Waals surface area contributed by atoms with Gasteiger partial charge in [-0.15, -0.1) is 0 Å². The van der Waals surface area contributed by atoms with E-state index in [1.54, 1.807) is 12.1 Å². The standard InChI is InChI=1S/C22H23Br2F3N4O2.C2H6/c1-2-3-15-10-16(22(25,26)27)12-28-20(15)31-6-4-14(5-7-31)21(33)30-29-11-13-8-17(23)19(32)18(24)9-13;1-2/h8-12,14,32H,2-7H2,1H3,(H,30,33);1-2H3/b29-11+;. The molecule has 2 aromatic rings. The number of rotatable bonds is 6. The molecule has 0 unspecified atom stereocenters. The number of pyridine rings is 1. The maximum absolute atomic E-state index is 13.1. The molecule has 6 nitrogen and oxygen atoms in total. The Labute approximate surface area is 220 Å². The first-order chi connectivity index (χ1) is 16.6. The number of alkyl halides is 3. The van der Waals surface area contributed by atoms with Gasteiger partial charge in [0.15, 0.2) is 0 Å². The van der Waals surface area contributed by atoms with Gasteiger partial charge in [0.25, 0.3) is 0 Å². The number of aromatic hydroxyl groups is 1. The number of phenols is 1. The average molecular weight is 622 g/mol. The molecule has 1 aromatic heterocycles. The minimum absolute atomic E-state index is 0.0765. The molecule has 11 heteroatoms. The van der Waals surface area contributed by atoms with Gasteiger partial charge in [0.1, 0.15) is 11.6 Å². The van der Waals surface area contributed by atoms with Crippen molar-refractivity contribution in [2.45, 2.75) is 52.6 Å². The summed E-state index contributed by atoms with van der Waals surface area (Å²) in [6.07, 6.45) is 0.239. The van der Waals surface area contributed by atoms with Gasteiger partial charge in [0, 0.05) is 25.2 Å². The number of hydrogen-bond acceptors (Lipinski definition) is 5. The molecule has 0 spiro atoms. The van der Waals surface area contributed by atoms with Crippen LogP contribution in [0.2, 0.25) is 0 Å². The highest BCUT2D eigenvalue weighted by molar-refractivity contribution is 9.11. The fraction of sp³-hybridized carbons (Fsp3) is 0.458. The molecule has 0 saturated carbocycles. The van der Waals surface area contributed by atoms with Crippen molar-refractivity contribution < 1.29 is 23.1 Å². The molecule has 2 heterocycles. The van der Waals surface area contributed by atoms with E-state index < -0.39 is 11.7 Å². The molecule has 0 radical (unpaired) electrons. The molecule has 1 amide bonds. The summed E-state index contributed by atoms with van der Waals surface area (Å²) in [6.45, 7) is 6.96. The second-order valence-electron chi connectivity index (χ2n) is 7.78. The first kappa shape index (κ1) is 29.1. The monoisotopic (exact) mass is 620 g/mol. The van der Waals surface area contributed by atoms with E-state index >= 15 is 0 Å². The lowest BCUT2D eigenvalue weighted by atomic mass is 9.95. The third-order valence-electron chi connectivity index (χ3n) is 5.38. The van der Waals surface area contributed by atoms with Gasteiger partial charge in [-0.2, -0.15) is 18.3 Å². The molecule has 0 atom stereocenters. The molecule has 1 aromatic carbocycles. The number of carbonyl (C=O) groups is 1. The maximum atomic E-state index is 13.1. The molecule has 1 fully saturated rings. The summed E-state index contributed by atoms with van der Waals surface area (Å²) in [5.41, 5.74) is 3.06. The maximum Gasteiger partial charge on any atom is 0.417 e. The van der Waals surface area contributed by atoms with Crippen LogP contribution in [-0.2, 0) is 17.4 Å². The van der Waals surface area contributed by atoms with Crippen LogP contribution in [0.25, 0.3) is 0 Å². The minimum Gasteiger partial charge on any atom is -0.506 e. The third-order valence-corrected chi connectivity index (χ3v) is 6.59. The van der Waals surface area contributed by atoms with Gasteiger partial charge in [0.2, 0.25) is 5.91 Å². The summed E-state index contributed by atoms with van der Waals surface area (Å²) in [6, 6.07) is 4.51. The molecule has 1 aliphatic rings. The van der Waals surface area contributed by atoms with E-state index in [9.17, 15) is 23.1 Å². The summed E-state index contributed by atoms with van der Waals surface area (Å²) in [5.74, 6) is 0.176. The largest absolute Gasteiger partial charge is 0.506 e. The normalized spacial score (nSPS) is 14.6. The highest BCUT2D eigenvalue weighted by Gasteiger charge is 2.33. The van der Waals surface area contributed by atoms with Crippen LogP contribution >= 0.6 is 31.9 Å². The van der Waals surface area contributed by atoms with Crippen LogP contribution in [0.4, 0.5) is 19.0 Å². The lowest BCUT2D eigenvalue weighted by Crippen LogP contribution is -2.40. The Morgan fingerprint density at radius 2 is 1.83 bits per heavy atom. The highest BCUT2D eigenvalue weighted by atomic mass is 79.9. The summed E-state index contributed by atoms with van der Waals surface area (Å²) >= 11 is 6.48. The summed E-state index contributed by atoms with van der Waals surface area (Å²) in [5, 5.41) is 13.7. The topological polar surface area (TPSA) is 77.8 Å². The van der Waals surface area contributed by atoms with Crippen LogP contribution in [0, 0.1) is 5.92 Å². The van der Waals surface area contributed by atoms with Gasteiger partial charge in [-0.1, -0.05) is 27.2 Å². The van der Waals surface area contributed by atoms with E-state index in [1.807, 2.05) is 25.7 Å². The number of piperidine rings is 1. The van der Waals surface area contributed by atoms with Gasteiger partial charge in [-0.3, -0.25) is 4.79 Å². The van der Waals surface area contributed by atoms with Crippen molar-refractivity contribution in [1.29, 1.82) is 0 Å². The van der Waals surface area contributed by atoms with Crippen LogP contribution in [0.1, 0.15) is 56.7 Å². The first-order valence-electron chi connectivity index (χ1n) is 11.4. The van der Waals surface area contributed by atoms with Gasteiger partial charge in [0.05, 0.1) is 20.7 Å². The van der Waals surface area contributed by atoms with Crippen LogP contribution in [0.3, 0.4) is 0 Å². The third kappa shape index (κ3) is 7.93. The number of anilines is 1. The van der Waals surface area contributed by atoms with E-state index in [0.717, 1.165) is 6.20 Å². The lowest BCUT2D eigenvalue weighted by molar-refractivity contribution is -0.137. The molecule has 0 bridgehead atoms. The number of halogens is 5. The van der Waals surface area contributed by atoms with Crippen LogP contribution in [0.5, 0.6) is 5.75 Å². The van der Waals surface area contributed by atoms with Gasteiger partial charge >= 0.3 is 6.18 Å². The number of nitrogens with one attached hydrogen (secondary N) is 1. The molecule has 2 N–H and O–H groups in total. The summed E-state index contributed by atoms with van der Waals surface area (Å²) in [4.78, 5) is 18.6. The number of aryl methyl sites for hydroxylation is 1. The van der Waals surface area contributed by atoms with Crippen molar-refractivity contribution in [3.05, 3.63) is 50.0 Å². The van der Waals surface area contributed by atoms with Crippen LogP contribution < -0.4 is 10.3 Å². The SMILES string of the molecule is CC.CCCc1cc(C(F)(F)F)cnc1N1CCC(C(=O)N/N=C/c2cc(Br)c(O)c(Br)c2)CC1. The number of carbonyl (C=O) groups excluding carboxylic acids is 1. The molecular weight excluding hydrogens is 593 g/mol. The van der Waals surface area contributed by atoms with E-state index in [-0.39, 0.29) is 17.6 Å². The van der Waals surface area contributed by atoms with Crippen molar-refractivity contribution in [2.24, 2.45) is 11.0 Å². The first-order valence-corrected chi connectivity index (χ1v) is 13.0. The quantitative estimate of drug-likeness (QED) is 0.279. The number of nitrogens with zero attached hydrogens (tertiary/aromatic N) is 3. The Hall–Kier alpha value is -2.14. The minimum atomic E-state index is -4.42.